The fourth-order valence-corrected chi connectivity index (χ4v) is 3.49. The Kier molecular flexibility index (Phi) is 4.91. The second-order valence-electron chi connectivity index (χ2n) is 6.49. The van der Waals surface area contributed by atoms with Gasteiger partial charge in [-0.3, -0.25) is 4.90 Å². The van der Waals surface area contributed by atoms with Gasteiger partial charge >= 0.3 is 0 Å². The molecule has 1 saturated heterocycles. The lowest BCUT2D eigenvalue weighted by molar-refractivity contribution is 0.320. The molecule has 1 aliphatic rings. The summed E-state index contributed by atoms with van der Waals surface area (Å²) >= 11 is 6.27. The fourth-order valence-electron chi connectivity index (χ4n) is 3.30. The van der Waals surface area contributed by atoms with Crippen LogP contribution in [0.5, 0.6) is 5.75 Å². The van der Waals surface area contributed by atoms with Gasteiger partial charge in [0.15, 0.2) is 0 Å². The molecule has 5 nitrogen and oxygen atoms in total. The number of nitrogens with zero attached hydrogens (tertiary/aromatic N) is 3. The number of ether oxygens (including phenoxy) is 1. The molecule has 1 aromatic heterocycles. The molecule has 1 atom stereocenters. The highest BCUT2D eigenvalue weighted by atomic mass is 35.5. The van der Waals surface area contributed by atoms with Gasteiger partial charge in [0, 0.05) is 23.7 Å². The van der Waals surface area contributed by atoms with E-state index in [9.17, 15) is 0 Å². The molecule has 0 bridgehead atoms. The first-order valence-electron chi connectivity index (χ1n) is 8.66. The summed E-state index contributed by atoms with van der Waals surface area (Å²) in [5, 5.41) is 9.30. The van der Waals surface area contributed by atoms with Gasteiger partial charge in [-0.2, -0.15) is 0 Å². The van der Waals surface area contributed by atoms with E-state index < -0.39 is 0 Å². The van der Waals surface area contributed by atoms with Crippen molar-refractivity contribution < 1.29 is 9.15 Å². The van der Waals surface area contributed by atoms with E-state index >= 15 is 0 Å². The van der Waals surface area contributed by atoms with Crippen molar-refractivity contribution in [2.24, 2.45) is 0 Å². The van der Waals surface area contributed by atoms with Crippen LogP contribution < -0.4 is 4.74 Å². The van der Waals surface area contributed by atoms with Gasteiger partial charge in [-0.1, -0.05) is 29.8 Å². The summed E-state index contributed by atoms with van der Waals surface area (Å²) in [7, 11) is 1.65. The van der Waals surface area contributed by atoms with Crippen molar-refractivity contribution in [1.29, 1.82) is 0 Å². The lowest BCUT2D eigenvalue weighted by Gasteiger charge is -2.16. The minimum atomic E-state index is 0.261. The SMILES string of the molecule is COc1ccc(-c2nnc(C3CCN(Cc4ccccc4Cl)C3)o2)cc1. The standard InChI is InChI=1S/C20H20ClN3O2/c1-25-17-8-6-14(7-9-17)19-22-23-20(26-19)16-10-11-24(13-16)12-15-4-2-3-5-18(15)21/h2-9,16H,10-13H2,1H3. The minimum Gasteiger partial charge on any atom is -0.497 e. The van der Waals surface area contributed by atoms with Gasteiger partial charge in [0.1, 0.15) is 5.75 Å². The Balaban J connectivity index is 1.43. The van der Waals surface area contributed by atoms with Crippen LogP contribution in [0.2, 0.25) is 5.02 Å². The van der Waals surface area contributed by atoms with Gasteiger partial charge in [-0.25, -0.2) is 0 Å². The number of likely N-dealkylation sites (tertiary alicyclic amines) is 1. The maximum Gasteiger partial charge on any atom is 0.247 e. The molecular formula is C20H20ClN3O2. The van der Waals surface area contributed by atoms with Crippen LogP contribution in [0.4, 0.5) is 0 Å². The van der Waals surface area contributed by atoms with Crippen molar-refractivity contribution in [3.05, 3.63) is 65.0 Å². The topological polar surface area (TPSA) is 51.4 Å². The van der Waals surface area contributed by atoms with Crippen LogP contribution in [-0.4, -0.2) is 35.3 Å². The zero-order chi connectivity index (χ0) is 17.9. The van der Waals surface area contributed by atoms with Crippen molar-refractivity contribution >= 4 is 11.6 Å². The molecule has 0 saturated carbocycles. The molecule has 0 amide bonds. The Morgan fingerprint density at radius 2 is 1.96 bits per heavy atom. The Hall–Kier alpha value is -2.37. The first-order chi connectivity index (χ1) is 12.7. The van der Waals surface area contributed by atoms with Gasteiger partial charge in [0.05, 0.1) is 13.0 Å². The van der Waals surface area contributed by atoms with E-state index in [2.05, 4.69) is 21.2 Å². The summed E-state index contributed by atoms with van der Waals surface area (Å²) in [6.45, 7) is 2.74. The fraction of sp³-hybridized carbons (Fsp3) is 0.300. The molecule has 0 aliphatic carbocycles. The van der Waals surface area contributed by atoms with Crippen molar-refractivity contribution in [2.75, 3.05) is 20.2 Å². The Morgan fingerprint density at radius 1 is 1.15 bits per heavy atom. The smallest absolute Gasteiger partial charge is 0.247 e. The number of rotatable bonds is 5. The average Bonchev–Trinajstić information content (AvgIpc) is 3.33. The van der Waals surface area contributed by atoms with Crippen LogP contribution in [-0.2, 0) is 6.54 Å². The summed E-state index contributed by atoms with van der Waals surface area (Å²) in [6, 6.07) is 15.6. The maximum atomic E-state index is 6.27. The molecule has 1 fully saturated rings. The highest BCUT2D eigenvalue weighted by Gasteiger charge is 2.28. The van der Waals surface area contributed by atoms with Gasteiger partial charge in [-0.15, -0.1) is 10.2 Å². The molecule has 0 radical (unpaired) electrons. The van der Waals surface area contributed by atoms with E-state index in [0.29, 0.717) is 11.8 Å². The molecule has 1 unspecified atom stereocenters. The van der Waals surface area contributed by atoms with Gasteiger partial charge in [-0.05, 0) is 48.9 Å². The average molecular weight is 370 g/mol. The molecule has 3 aromatic rings. The first kappa shape index (κ1) is 17.1. The Morgan fingerprint density at radius 3 is 2.73 bits per heavy atom. The molecule has 2 heterocycles. The number of methoxy groups -OCH3 is 1. The quantitative estimate of drug-likeness (QED) is 0.667. The molecule has 6 heteroatoms. The van der Waals surface area contributed by atoms with E-state index in [1.54, 1.807) is 7.11 Å². The monoisotopic (exact) mass is 369 g/mol. The number of benzene rings is 2. The molecule has 0 spiro atoms. The molecule has 26 heavy (non-hydrogen) atoms. The zero-order valence-electron chi connectivity index (χ0n) is 14.6. The Bertz CT molecular complexity index is 879. The van der Waals surface area contributed by atoms with E-state index in [4.69, 9.17) is 20.8 Å². The van der Waals surface area contributed by atoms with Crippen molar-refractivity contribution in [3.8, 4) is 17.2 Å². The second kappa shape index (κ2) is 7.48. The van der Waals surface area contributed by atoms with Gasteiger partial charge in [0.2, 0.25) is 11.8 Å². The van der Waals surface area contributed by atoms with Gasteiger partial charge in [0.25, 0.3) is 0 Å². The summed E-state index contributed by atoms with van der Waals surface area (Å²) in [4.78, 5) is 2.38. The predicted octanol–water partition coefficient (Wildman–Crippen LogP) is 4.39. The number of halogens is 1. The van der Waals surface area contributed by atoms with Crippen molar-refractivity contribution in [2.45, 2.75) is 18.9 Å². The molecule has 4 rings (SSSR count). The largest absolute Gasteiger partial charge is 0.497 e. The highest BCUT2D eigenvalue weighted by Crippen LogP contribution is 2.30. The molecular weight excluding hydrogens is 350 g/mol. The summed E-state index contributed by atoms with van der Waals surface area (Å²) in [6.07, 6.45) is 1.01. The number of hydrogen-bond donors (Lipinski definition) is 0. The van der Waals surface area contributed by atoms with E-state index in [1.165, 1.54) is 0 Å². The van der Waals surface area contributed by atoms with Crippen LogP contribution in [0, 0.1) is 0 Å². The third kappa shape index (κ3) is 3.59. The summed E-state index contributed by atoms with van der Waals surface area (Å²) in [5.41, 5.74) is 2.05. The lowest BCUT2D eigenvalue weighted by Crippen LogP contribution is -2.20. The van der Waals surface area contributed by atoms with E-state index in [1.807, 2.05) is 42.5 Å². The third-order valence-corrected chi connectivity index (χ3v) is 5.12. The van der Waals surface area contributed by atoms with Crippen molar-refractivity contribution in [3.63, 3.8) is 0 Å². The number of aromatic nitrogens is 2. The van der Waals surface area contributed by atoms with Gasteiger partial charge < -0.3 is 9.15 Å². The highest BCUT2D eigenvalue weighted by molar-refractivity contribution is 6.31. The minimum absolute atomic E-state index is 0.261. The summed E-state index contributed by atoms with van der Waals surface area (Å²) < 4.78 is 11.1. The molecule has 0 N–H and O–H groups in total. The normalized spacial score (nSPS) is 17.5. The van der Waals surface area contributed by atoms with Crippen molar-refractivity contribution in [1.82, 2.24) is 15.1 Å². The first-order valence-corrected chi connectivity index (χ1v) is 9.04. The van der Waals surface area contributed by atoms with Crippen LogP contribution in [0.1, 0.15) is 23.8 Å². The van der Waals surface area contributed by atoms with Crippen LogP contribution in [0.15, 0.2) is 52.9 Å². The van der Waals surface area contributed by atoms with Crippen LogP contribution in [0.3, 0.4) is 0 Å². The number of hydrogen-bond acceptors (Lipinski definition) is 5. The third-order valence-electron chi connectivity index (χ3n) is 4.75. The second-order valence-corrected chi connectivity index (χ2v) is 6.89. The lowest BCUT2D eigenvalue weighted by atomic mass is 10.1. The van der Waals surface area contributed by atoms with Crippen LogP contribution >= 0.6 is 11.6 Å². The molecule has 2 aromatic carbocycles. The molecule has 1 aliphatic heterocycles. The maximum absolute atomic E-state index is 6.27. The van der Waals surface area contributed by atoms with Crippen LogP contribution in [0.25, 0.3) is 11.5 Å². The zero-order valence-corrected chi connectivity index (χ0v) is 15.3. The molecule has 134 valence electrons. The predicted molar refractivity (Wildman–Crippen MR) is 100 cm³/mol. The van der Waals surface area contributed by atoms with E-state index in [-0.39, 0.29) is 5.92 Å². The van der Waals surface area contributed by atoms with E-state index in [0.717, 1.165) is 48.0 Å². The summed E-state index contributed by atoms with van der Waals surface area (Å²) in [5.74, 6) is 2.32. The Labute approximate surface area is 157 Å².